The molecular weight excluding hydrogens is 484 g/mol. The molecule has 2 heterocycles. The number of hydrogen-bond donors (Lipinski definition) is 3. The number of benzene rings is 2. The van der Waals surface area contributed by atoms with E-state index in [4.69, 9.17) is 11.6 Å². The number of thiophene rings is 1. The topological polar surface area (TPSA) is 109 Å². The number of urea groups is 1. The summed E-state index contributed by atoms with van der Waals surface area (Å²) in [6.45, 7) is 1.93. The van der Waals surface area contributed by atoms with Crippen LogP contribution < -0.4 is 20.9 Å². The van der Waals surface area contributed by atoms with E-state index in [0.29, 0.717) is 21.1 Å². The van der Waals surface area contributed by atoms with E-state index in [2.05, 4.69) is 10.6 Å². The molecule has 0 bridgehead atoms. The summed E-state index contributed by atoms with van der Waals surface area (Å²) < 4.78 is 28.2. The van der Waals surface area contributed by atoms with Crippen molar-refractivity contribution in [2.45, 2.75) is 11.1 Å². The number of nitrogens with one attached hydrogen (secondary N) is 3. The minimum atomic E-state index is -4.02. The number of sulfonamides is 1. The molecule has 0 aliphatic heterocycles. The first-order chi connectivity index (χ1) is 15.7. The van der Waals surface area contributed by atoms with Crippen LogP contribution in [0.3, 0.4) is 0 Å². The van der Waals surface area contributed by atoms with Gasteiger partial charge in [-0.2, -0.15) is 0 Å². The van der Waals surface area contributed by atoms with Crippen molar-refractivity contribution >= 4 is 61.1 Å². The highest BCUT2D eigenvalue weighted by Gasteiger charge is 2.20. The van der Waals surface area contributed by atoms with Crippen molar-refractivity contribution in [3.63, 3.8) is 0 Å². The second-order valence-electron chi connectivity index (χ2n) is 7.16. The normalized spacial score (nSPS) is 11.4. The van der Waals surface area contributed by atoms with E-state index in [1.807, 2.05) is 30.8 Å². The third-order valence-corrected chi connectivity index (χ3v) is 8.00. The Hall–Kier alpha value is -3.34. The maximum atomic E-state index is 13.0. The number of halogens is 1. The summed E-state index contributed by atoms with van der Waals surface area (Å²) in [5, 5.41) is 7.00. The SMILES string of the molecule is CNc1ccc2c(=O)n(-c3ccc(NC(=O)NS(=O)(=O)c4ccc(Cl)s4)cc3)cc(C)c2c1. The van der Waals surface area contributed by atoms with Crippen LogP contribution in [-0.4, -0.2) is 26.1 Å². The van der Waals surface area contributed by atoms with Crippen molar-refractivity contribution in [1.82, 2.24) is 9.29 Å². The van der Waals surface area contributed by atoms with Crippen LogP contribution in [0.5, 0.6) is 0 Å². The van der Waals surface area contributed by atoms with Gasteiger partial charge in [-0.1, -0.05) is 11.6 Å². The van der Waals surface area contributed by atoms with Crippen LogP contribution in [0.25, 0.3) is 16.5 Å². The molecule has 0 saturated heterocycles. The number of fused-ring (bicyclic) bond motifs is 1. The second kappa shape index (κ2) is 8.89. The summed E-state index contributed by atoms with van der Waals surface area (Å²) >= 11 is 6.61. The van der Waals surface area contributed by atoms with Gasteiger partial charge in [0.25, 0.3) is 15.6 Å². The lowest BCUT2D eigenvalue weighted by Crippen LogP contribution is -2.33. The Morgan fingerprint density at radius 1 is 1.00 bits per heavy atom. The number of aromatic nitrogens is 1. The first-order valence-corrected chi connectivity index (χ1v) is 12.4. The Balaban J connectivity index is 1.55. The highest BCUT2D eigenvalue weighted by Crippen LogP contribution is 2.25. The quantitative estimate of drug-likeness (QED) is 0.370. The molecule has 2 aromatic heterocycles. The van der Waals surface area contributed by atoms with E-state index in [1.54, 1.807) is 36.5 Å². The van der Waals surface area contributed by atoms with E-state index in [0.717, 1.165) is 28.0 Å². The minimum Gasteiger partial charge on any atom is -0.388 e. The number of nitrogens with zero attached hydrogens (tertiary/aromatic N) is 1. The number of carbonyl (C=O) groups excluding carboxylic acids is 1. The number of pyridine rings is 1. The molecule has 0 spiro atoms. The zero-order chi connectivity index (χ0) is 23.8. The van der Waals surface area contributed by atoms with Gasteiger partial charge in [-0.05, 0) is 72.5 Å². The minimum absolute atomic E-state index is 0.0640. The van der Waals surface area contributed by atoms with Gasteiger partial charge in [0, 0.05) is 35.7 Å². The first kappa shape index (κ1) is 22.8. The summed E-state index contributed by atoms with van der Waals surface area (Å²) in [7, 11) is -2.20. The Morgan fingerprint density at radius 3 is 2.33 bits per heavy atom. The molecular formula is C22H19ClN4O4S2. The fourth-order valence-electron chi connectivity index (χ4n) is 3.33. The lowest BCUT2D eigenvalue weighted by molar-refractivity contribution is 0.256. The van der Waals surface area contributed by atoms with Crippen LogP contribution in [0.4, 0.5) is 16.2 Å². The van der Waals surface area contributed by atoms with E-state index < -0.39 is 16.1 Å². The zero-order valence-electron chi connectivity index (χ0n) is 17.5. The van der Waals surface area contributed by atoms with Gasteiger partial charge in [0.05, 0.1) is 4.34 Å². The predicted molar refractivity (Wildman–Crippen MR) is 132 cm³/mol. The van der Waals surface area contributed by atoms with Crippen LogP contribution in [-0.2, 0) is 10.0 Å². The molecule has 4 aromatic rings. The molecule has 0 atom stereocenters. The standard InChI is InChI=1S/C22H19ClN4O4S2/c1-13-12-27(21(28)17-8-5-15(24-2)11-18(13)17)16-6-3-14(4-7-16)25-22(29)26-33(30,31)20-10-9-19(23)32-20/h3-12,24H,1-2H3,(H2,25,26,29). The van der Waals surface area contributed by atoms with E-state index in [1.165, 1.54) is 16.7 Å². The summed E-state index contributed by atoms with van der Waals surface area (Å²) in [6, 6.07) is 13.9. The molecule has 8 nitrogen and oxygen atoms in total. The van der Waals surface area contributed by atoms with Gasteiger partial charge in [-0.15, -0.1) is 11.3 Å². The molecule has 0 aliphatic carbocycles. The van der Waals surface area contributed by atoms with Crippen LogP contribution in [0.1, 0.15) is 5.56 Å². The number of rotatable bonds is 5. The molecule has 0 saturated carbocycles. The van der Waals surface area contributed by atoms with Crippen molar-refractivity contribution in [3.05, 3.63) is 81.0 Å². The van der Waals surface area contributed by atoms with Crippen molar-refractivity contribution in [2.24, 2.45) is 0 Å². The van der Waals surface area contributed by atoms with Crippen molar-refractivity contribution < 1.29 is 13.2 Å². The van der Waals surface area contributed by atoms with Gasteiger partial charge in [0.2, 0.25) is 0 Å². The van der Waals surface area contributed by atoms with Gasteiger partial charge in [-0.25, -0.2) is 17.9 Å². The van der Waals surface area contributed by atoms with Gasteiger partial charge >= 0.3 is 6.03 Å². The predicted octanol–water partition coefficient (Wildman–Crippen LogP) is 4.57. The molecule has 0 aliphatic rings. The average molecular weight is 503 g/mol. The summed E-state index contributed by atoms with van der Waals surface area (Å²) in [4.78, 5) is 25.2. The van der Waals surface area contributed by atoms with Crippen molar-refractivity contribution in [2.75, 3.05) is 17.7 Å². The number of amides is 2. The maximum absolute atomic E-state index is 13.0. The molecule has 2 aromatic carbocycles. The number of aryl methyl sites for hydroxylation is 1. The number of hydrogen-bond acceptors (Lipinski definition) is 6. The third kappa shape index (κ3) is 4.72. The van der Waals surface area contributed by atoms with E-state index in [-0.39, 0.29) is 9.77 Å². The van der Waals surface area contributed by atoms with Gasteiger partial charge in [0.1, 0.15) is 4.21 Å². The lowest BCUT2D eigenvalue weighted by atomic mass is 10.1. The van der Waals surface area contributed by atoms with Gasteiger partial charge in [-0.3, -0.25) is 9.36 Å². The fraction of sp³-hybridized carbons (Fsp3) is 0.0909. The first-order valence-electron chi connectivity index (χ1n) is 9.71. The van der Waals surface area contributed by atoms with E-state index in [9.17, 15) is 18.0 Å². The highest BCUT2D eigenvalue weighted by atomic mass is 35.5. The number of carbonyl (C=O) groups is 1. The average Bonchev–Trinajstić information content (AvgIpc) is 3.23. The third-order valence-electron chi connectivity index (χ3n) is 4.95. The summed E-state index contributed by atoms with van der Waals surface area (Å²) in [5.41, 5.74) is 2.65. The van der Waals surface area contributed by atoms with Crippen molar-refractivity contribution in [1.29, 1.82) is 0 Å². The van der Waals surface area contributed by atoms with Gasteiger partial charge < -0.3 is 10.6 Å². The van der Waals surface area contributed by atoms with Gasteiger partial charge in [0.15, 0.2) is 0 Å². The van der Waals surface area contributed by atoms with Crippen LogP contribution in [0.2, 0.25) is 4.34 Å². The summed E-state index contributed by atoms with van der Waals surface area (Å²) in [5.74, 6) is 0. The molecule has 4 rings (SSSR count). The van der Waals surface area contributed by atoms with Crippen LogP contribution in [0, 0.1) is 6.92 Å². The largest absolute Gasteiger partial charge is 0.388 e. The molecule has 11 heteroatoms. The fourth-order valence-corrected chi connectivity index (χ4v) is 5.72. The monoisotopic (exact) mass is 502 g/mol. The molecule has 0 unspecified atom stereocenters. The zero-order valence-corrected chi connectivity index (χ0v) is 19.9. The van der Waals surface area contributed by atoms with Crippen LogP contribution in [0.15, 0.2) is 69.8 Å². The number of anilines is 2. The Kier molecular flexibility index (Phi) is 6.15. The highest BCUT2D eigenvalue weighted by molar-refractivity contribution is 7.92. The molecule has 2 amide bonds. The molecule has 0 radical (unpaired) electrons. The molecule has 0 fully saturated rings. The van der Waals surface area contributed by atoms with E-state index >= 15 is 0 Å². The Bertz CT molecular complexity index is 1530. The second-order valence-corrected chi connectivity index (χ2v) is 10.8. The lowest BCUT2D eigenvalue weighted by Gasteiger charge is -2.12. The molecule has 33 heavy (non-hydrogen) atoms. The molecule has 3 N–H and O–H groups in total. The summed E-state index contributed by atoms with van der Waals surface area (Å²) in [6.07, 6.45) is 1.76. The van der Waals surface area contributed by atoms with Crippen molar-refractivity contribution in [3.8, 4) is 5.69 Å². The molecule has 170 valence electrons. The Morgan fingerprint density at radius 2 is 1.70 bits per heavy atom. The van der Waals surface area contributed by atoms with Crippen LogP contribution >= 0.6 is 22.9 Å². The smallest absolute Gasteiger partial charge is 0.333 e. The Labute approximate surface area is 198 Å². The maximum Gasteiger partial charge on any atom is 0.333 e.